The molecule has 0 radical (unpaired) electrons. The number of aromatic amines is 1. The average molecular weight is 296 g/mol. The standard InChI is InChI=1S/C15H12N4O3/c20-14(13-8-22-15(21)18-13)19-6-9(7-19)12-5-16-10-3-1-2-4-11(10)17-12/h1-5,8-9H,6-7H2,(H,18,21). The summed E-state index contributed by atoms with van der Waals surface area (Å²) in [5.74, 6) is -0.698. The normalized spacial score (nSPS) is 15.0. The minimum atomic E-state index is -0.624. The number of hydrogen-bond donors (Lipinski definition) is 1. The number of likely N-dealkylation sites (tertiary alicyclic amines) is 1. The van der Waals surface area contributed by atoms with Gasteiger partial charge in [-0.1, -0.05) is 12.1 Å². The van der Waals surface area contributed by atoms with E-state index in [1.807, 2.05) is 24.3 Å². The van der Waals surface area contributed by atoms with E-state index in [9.17, 15) is 9.59 Å². The molecule has 1 saturated heterocycles. The Balaban J connectivity index is 1.50. The number of nitrogens with one attached hydrogen (secondary N) is 1. The molecule has 3 heterocycles. The van der Waals surface area contributed by atoms with Gasteiger partial charge in [0.15, 0.2) is 0 Å². The third-order valence-corrected chi connectivity index (χ3v) is 3.81. The number of rotatable bonds is 2. The highest BCUT2D eigenvalue weighted by molar-refractivity contribution is 5.92. The van der Waals surface area contributed by atoms with E-state index in [4.69, 9.17) is 0 Å². The first-order valence-electron chi connectivity index (χ1n) is 6.89. The summed E-state index contributed by atoms with van der Waals surface area (Å²) < 4.78 is 4.58. The van der Waals surface area contributed by atoms with E-state index in [1.54, 1.807) is 11.1 Å². The Hall–Kier alpha value is -2.96. The molecular weight excluding hydrogens is 284 g/mol. The lowest BCUT2D eigenvalue weighted by atomic mass is 9.96. The molecule has 1 N–H and O–H groups in total. The molecule has 0 aliphatic carbocycles. The van der Waals surface area contributed by atoms with E-state index in [0.717, 1.165) is 23.0 Å². The zero-order valence-corrected chi connectivity index (χ0v) is 11.5. The van der Waals surface area contributed by atoms with Gasteiger partial charge in [0.05, 0.1) is 16.7 Å². The molecule has 1 aromatic carbocycles. The van der Waals surface area contributed by atoms with Gasteiger partial charge in [0.25, 0.3) is 5.91 Å². The van der Waals surface area contributed by atoms with Crippen LogP contribution in [-0.2, 0) is 0 Å². The molecule has 7 heteroatoms. The van der Waals surface area contributed by atoms with Gasteiger partial charge in [-0.3, -0.25) is 14.8 Å². The Labute approximate surface area is 124 Å². The first-order valence-corrected chi connectivity index (χ1v) is 6.89. The number of H-pyrrole nitrogens is 1. The topological polar surface area (TPSA) is 92.1 Å². The molecule has 0 bridgehead atoms. The summed E-state index contributed by atoms with van der Waals surface area (Å²) in [6, 6.07) is 7.68. The molecule has 1 fully saturated rings. The number of nitrogens with zero attached hydrogens (tertiary/aromatic N) is 3. The molecular formula is C15H12N4O3. The van der Waals surface area contributed by atoms with Crippen molar-refractivity contribution in [3.05, 3.63) is 58.7 Å². The van der Waals surface area contributed by atoms with Gasteiger partial charge in [-0.25, -0.2) is 9.78 Å². The van der Waals surface area contributed by atoms with Crippen LogP contribution in [-0.4, -0.2) is 38.8 Å². The summed E-state index contributed by atoms with van der Waals surface area (Å²) in [5.41, 5.74) is 2.76. The number of hydrogen-bond acceptors (Lipinski definition) is 5. The first kappa shape index (κ1) is 12.8. The van der Waals surface area contributed by atoms with E-state index >= 15 is 0 Å². The van der Waals surface area contributed by atoms with Gasteiger partial charge in [-0.2, -0.15) is 0 Å². The van der Waals surface area contributed by atoms with E-state index in [1.165, 1.54) is 0 Å². The summed E-state index contributed by atoms with van der Waals surface area (Å²) >= 11 is 0. The van der Waals surface area contributed by atoms with Gasteiger partial charge in [-0.05, 0) is 12.1 Å². The molecule has 1 amide bonds. The SMILES string of the molecule is O=C(c1coc(=O)[nH]1)N1CC(c2cnc3ccccc3n2)C1. The Morgan fingerprint density at radius 2 is 2.05 bits per heavy atom. The van der Waals surface area contributed by atoms with Crippen LogP contribution in [0.25, 0.3) is 11.0 Å². The van der Waals surface area contributed by atoms with Crippen molar-refractivity contribution in [2.45, 2.75) is 5.92 Å². The summed E-state index contributed by atoms with van der Waals surface area (Å²) in [5, 5.41) is 0. The summed E-state index contributed by atoms with van der Waals surface area (Å²) in [4.78, 5) is 36.0. The number of benzene rings is 1. The molecule has 0 atom stereocenters. The van der Waals surface area contributed by atoms with Crippen molar-refractivity contribution in [1.29, 1.82) is 0 Å². The van der Waals surface area contributed by atoms with Crippen LogP contribution in [0.3, 0.4) is 0 Å². The highest BCUT2D eigenvalue weighted by Crippen LogP contribution is 2.27. The number of fused-ring (bicyclic) bond motifs is 1. The fourth-order valence-corrected chi connectivity index (χ4v) is 2.56. The summed E-state index contributed by atoms with van der Waals surface area (Å²) in [7, 11) is 0. The van der Waals surface area contributed by atoms with Crippen LogP contribution in [0.1, 0.15) is 22.1 Å². The van der Waals surface area contributed by atoms with Crippen molar-refractivity contribution >= 4 is 16.9 Å². The molecule has 0 unspecified atom stereocenters. The largest absolute Gasteiger partial charge is 0.416 e. The monoisotopic (exact) mass is 296 g/mol. The third kappa shape index (κ3) is 2.07. The Bertz CT molecular complexity index is 908. The molecule has 0 spiro atoms. The molecule has 1 aliphatic rings. The second-order valence-corrected chi connectivity index (χ2v) is 5.25. The average Bonchev–Trinajstić information content (AvgIpc) is 2.92. The van der Waals surface area contributed by atoms with Crippen LogP contribution in [0.5, 0.6) is 0 Å². The maximum atomic E-state index is 12.1. The highest BCUT2D eigenvalue weighted by atomic mass is 16.4. The number of oxazole rings is 1. The summed E-state index contributed by atoms with van der Waals surface area (Å²) in [6.45, 7) is 1.11. The number of para-hydroxylation sites is 2. The van der Waals surface area contributed by atoms with Crippen molar-refractivity contribution in [3.8, 4) is 0 Å². The Morgan fingerprint density at radius 1 is 1.27 bits per heavy atom. The molecule has 3 aromatic rings. The minimum absolute atomic E-state index is 0.166. The molecule has 22 heavy (non-hydrogen) atoms. The lowest BCUT2D eigenvalue weighted by Crippen LogP contribution is -2.49. The van der Waals surface area contributed by atoms with E-state index in [-0.39, 0.29) is 17.5 Å². The Morgan fingerprint density at radius 3 is 2.77 bits per heavy atom. The predicted molar refractivity (Wildman–Crippen MR) is 77.5 cm³/mol. The molecule has 7 nitrogen and oxygen atoms in total. The van der Waals surface area contributed by atoms with E-state index < -0.39 is 5.76 Å². The van der Waals surface area contributed by atoms with Gasteiger partial charge in [-0.15, -0.1) is 0 Å². The van der Waals surface area contributed by atoms with Crippen LogP contribution >= 0.6 is 0 Å². The van der Waals surface area contributed by atoms with Gasteiger partial charge in [0.2, 0.25) is 0 Å². The molecule has 2 aromatic heterocycles. The third-order valence-electron chi connectivity index (χ3n) is 3.81. The van der Waals surface area contributed by atoms with Crippen molar-refractivity contribution in [2.75, 3.05) is 13.1 Å². The second-order valence-electron chi connectivity index (χ2n) is 5.25. The first-order chi connectivity index (χ1) is 10.7. The van der Waals surface area contributed by atoms with Crippen LogP contribution in [0, 0.1) is 0 Å². The number of carbonyl (C=O) groups is 1. The zero-order chi connectivity index (χ0) is 15.1. The lowest BCUT2D eigenvalue weighted by molar-refractivity contribution is 0.0592. The van der Waals surface area contributed by atoms with Crippen LogP contribution in [0.4, 0.5) is 0 Å². The number of carbonyl (C=O) groups excluding carboxylic acids is 1. The molecule has 0 saturated carbocycles. The fourth-order valence-electron chi connectivity index (χ4n) is 2.56. The van der Waals surface area contributed by atoms with Gasteiger partial charge in [0, 0.05) is 25.2 Å². The molecule has 110 valence electrons. The van der Waals surface area contributed by atoms with Crippen LogP contribution in [0.15, 0.2) is 45.9 Å². The van der Waals surface area contributed by atoms with E-state index in [2.05, 4.69) is 19.4 Å². The maximum Gasteiger partial charge on any atom is 0.416 e. The van der Waals surface area contributed by atoms with Crippen molar-refractivity contribution in [1.82, 2.24) is 19.9 Å². The minimum Gasteiger partial charge on any atom is -0.416 e. The van der Waals surface area contributed by atoms with Crippen LogP contribution < -0.4 is 5.76 Å². The van der Waals surface area contributed by atoms with Gasteiger partial charge < -0.3 is 9.32 Å². The van der Waals surface area contributed by atoms with Crippen LogP contribution in [0.2, 0.25) is 0 Å². The fraction of sp³-hybridized carbons (Fsp3) is 0.200. The quantitative estimate of drug-likeness (QED) is 0.766. The second kappa shape index (κ2) is 4.80. The van der Waals surface area contributed by atoms with E-state index in [0.29, 0.717) is 13.1 Å². The Kier molecular flexibility index (Phi) is 2.78. The number of aromatic nitrogens is 3. The lowest BCUT2D eigenvalue weighted by Gasteiger charge is -2.38. The van der Waals surface area contributed by atoms with Gasteiger partial charge >= 0.3 is 5.76 Å². The van der Waals surface area contributed by atoms with Gasteiger partial charge in [0.1, 0.15) is 12.0 Å². The molecule has 1 aliphatic heterocycles. The summed E-state index contributed by atoms with van der Waals surface area (Å²) in [6.07, 6.45) is 2.91. The van der Waals surface area contributed by atoms with Crippen molar-refractivity contribution in [3.63, 3.8) is 0 Å². The van der Waals surface area contributed by atoms with Crippen molar-refractivity contribution < 1.29 is 9.21 Å². The molecule has 4 rings (SSSR count). The predicted octanol–water partition coefficient (Wildman–Crippen LogP) is 1.15. The smallest absolute Gasteiger partial charge is 0.416 e. The van der Waals surface area contributed by atoms with Crippen molar-refractivity contribution in [2.24, 2.45) is 0 Å². The highest BCUT2D eigenvalue weighted by Gasteiger charge is 2.34. The maximum absolute atomic E-state index is 12.1. The number of amides is 1. The zero-order valence-electron chi connectivity index (χ0n) is 11.5.